The highest BCUT2D eigenvalue weighted by molar-refractivity contribution is 7.89. The zero-order chi connectivity index (χ0) is 16.4. The predicted molar refractivity (Wildman–Crippen MR) is 87.1 cm³/mol. The van der Waals surface area contributed by atoms with Gasteiger partial charge in [0.15, 0.2) is 0 Å². The molecule has 0 aliphatic carbocycles. The van der Waals surface area contributed by atoms with Crippen molar-refractivity contribution >= 4 is 26.8 Å². The van der Waals surface area contributed by atoms with Crippen LogP contribution in [-0.2, 0) is 10.0 Å². The first-order valence-corrected chi connectivity index (χ1v) is 8.95. The number of hydrogen-bond donors (Lipinski definition) is 3. The predicted octanol–water partition coefficient (Wildman–Crippen LogP) is 1.57. The Balaban J connectivity index is 2.05. The molecular formula is C16H18N2O4S. The molecule has 2 aromatic carbocycles. The molecule has 122 valence electrons. The highest BCUT2D eigenvalue weighted by atomic mass is 32.2. The summed E-state index contributed by atoms with van der Waals surface area (Å²) in [6.07, 6.45) is 1.48. The minimum absolute atomic E-state index is 0.0980. The molecule has 0 spiro atoms. The minimum atomic E-state index is -3.70. The third-order valence-electron chi connectivity index (χ3n) is 4.06. The first-order valence-electron chi connectivity index (χ1n) is 7.47. The van der Waals surface area contributed by atoms with Crippen LogP contribution in [0, 0.1) is 0 Å². The van der Waals surface area contributed by atoms with Crippen LogP contribution in [0.3, 0.4) is 0 Å². The number of aromatic carboxylic acids is 1. The minimum Gasteiger partial charge on any atom is -0.478 e. The van der Waals surface area contributed by atoms with Crippen molar-refractivity contribution in [3.8, 4) is 0 Å². The Morgan fingerprint density at radius 1 is 1.09 bits per heavy atom. The number of carbonyl (C=O) groups is 1. The summed E-state index contributed by atoms with van der Waals surface area (Å²) in [5, 5.41) is 13.3. The summed E-state index contributed by atoms with van der Waals surface area (Å²) in [6.45, 7) is 1.57. The number of hydrogen-bond acceptors (Lipinski definition) is 4. The Morgan fingerprint density at radius 3 is 2.43 bits per heavy atom. The van der Waals surface area contributed by atoms with Gasteiger partial charge in [-0.1, -0.05) is 24.3 Å². The summed E-state index contributed by atoms with van der Waals surface area (Å²) in [4.78, 5) is 11.4. The quantitative estimate of drug-likeness (QED) is 0.789. The molecule has 7 heteroatoms. The summed E-state index contributed by atoms with van der Waals surface area (Å²) < 4.78 is 28.2. The SMILES string of the molecule is O=C(O)c1cccc2c(S(=O)(=O)NC3CCNCC3)cccc12. The smallest absolute Gasteiger partial charge is 0.336 e. The van der Waals surface area contributed by atoms with Crippen molar-refractivity contribution in [3.05, 3.63) is 42.0 Å². The molecule has 0 saturated carbocycles. The van der Waals surface area contributed by atoms with Crippen molar-refractivity contribution in [1.29, 1.82) is 0 Å². The highest BCUT2D eigenvalue weighted by Crippen LogP contribution is 2.26. The number of fused-ring (bicyclic) bond motifs is 1. The van der Waals surface area contributed by atoms with Crippen LogP contribution in [0.2, 0.25) is 0 Å². The molecule has 6 nitrogen and oxygen atoms in total. The van der Waals surface area contributed by atoms with E-state index in [0.29, 0.717) is 10.8 Å². The van der Waals surface area contributed by atoms with Crippen molar-refractivity contribution in [2.45, 2.75) is 23.8 Å². The fraction of sp³-hybridized carbons (Fsp3) is 0.312. The molecule has 1 saturated heterocycles. The number of piperidine rings is 1. The van der Waals surface area contributed by atoms with Gasteiger partial charge in [-0.15, -0.1) is 0 Å². The van der Waals surface area contributed by atoms with E-state index in [1.54, 1.807) is 24.3 Å². The third-order valence-corrected chi connectivity index (χ3v) is 5.64. The first-order chi connectivity index (χ1) is 11.0. The van der Waals surface area contributed by atoms with E-state index in [4.69, 9.17) is 0 Å². The van der Waals surface area contributed by atoms with Crippen LogP contribution >= 0.6 is 0 Å². The fourth-order valence-corrected chi connectivity index (χ4v) is 4.45. The number of benzene rings is 2. The standard InChI is InChI=1S/C16H18N2O4S/c19-16(20)14-5-1-4-13-12(14)3-2-6-15(13)23(21,22)18-11-7-9-17-10-8-11/h1-6,11,17-18H,7-10H2,(H,19,20). The van der Waals surface area contributed by atoms with E-state index >= 15 is 0 Å². The Morgan fingerprint density at radius 2 is 1.74 bits per heavy atom. The van der Waals surface area contributed by atoms with Crippen molar-refractivity contribution in [2.75, 3.05) is 13.1 Å². The van der Waals surface area contributed by atoms with Gasteiger partial charge in [-0.25, -0.2) is 17.9 Å². The van der Waals surface area contributed by atoms with Gasteiger partial charge in [-0.3, -0.25) is 0 Å². The Labute approximate surface area is 134 Å². The van der Waals surface area contributed by atoms with Crippen molar-refractivity contribution in [2.24, 2.45) is 0 Å². The number of nitrogens with one attached hydrogen (secondary N) is 2. The van der Waals surface area contributed by atoms with E-state index in [9.17, 15) is 18.3 Å². The zero-order valence-corrected chi connectivity index (χ0v) is 13.3. The summed E-state index contributed by atoms with van der Waals surface area (Å²) in [6, 6.07) is 9.29. The molecule has 0 unspecified atom stereocenters. The Bertz CT molecular complexity index is 842. The first kappa shape index (κ1) is 15.9. The molecule has 0 bridgehead atoms. The average Bonchev–Trinajstić information content (AvgIpc) is 2.54. The van der Waals surface area contributed by atoms with Gasteiger partial charge in [0.1, 0.15) is 0 Å². The molecule has 0 amide bonds. The molecule has 3 N–H and O–H groups in total. The fourth-order valence-electron chi connectivity index (χ4n) is 2.92. The lowest BCUT2D eigenvalue weighted by Crippen LogP contribution is -2.42. The Hall–Kier alpha value is -1.96. The third kappa shape index (κ3) is 3.21. The molecule has 1 heterocycles. The molecule has 3 rings (SSSR count). The normalized spacial score (nSPS) is 16.5. The van der Waals surface area contributed by atoms with Crippen LogP contribution in [-0.4, -0.2) is 38.6 Å². The van der Waals surface area contributed by atoms with Gasteiger partial charge in [0, 0.05) is 11.4 Å². The van der Waals surface area contributed by atoms with Crippen LogP contribution in [0.1, 0.15) is 23.2 Å². The molecular weight excluding hydrogens is 316 g/mol. The number of rotatable bonds is 4. The van der Waals surface area contributed by atoms with E-state index in [-0.39, 0.29) is 16.5 Å². The summed E-state index contributed by atoms with van der Waals surface area (Å²) >= 11 is 0. The van der Waals surface area contributed by atoms with E-state index in [0.717, 1.165) is 25.9 Å². The maximum absolute atomic E-state index is 12.7. The molecule has 2 aromatic rings. The van der Waals surface area contributed by atoms with Gasteiger partial charge in [-0.2, -0.15) is 0 Å². The molecule has 0 aromatic heterocycles. The highest BCUT2D eigenvalue weighted by Gasteiger charge is 2.24. The van der Waals surface area contributed by atoms with Crippen LogP contribution in [0.4, 0.5) is 0 Å². The van der Waals surface area contributed by atoms with Crippen LogP contribution < -0.4 is 10.0 Å². The number of carboxylic acids is 1. The van der Waals surface area contributed by atoms with Crippen LogP contribution in [0.5, 0.6) is 0 Å². The summed E-state index contributed by atoms with van der Waals surface area (Å²) in [5.41, 5.74) is 0.0985. The molecule has 0 radical (unpaired) electrons. The van der Waals surface area contributed by atoms with Crippen molar-refractivity contribution in [1.82, 2.24) is 10.0 Å². The molecule has 1 aliphatic rings. The maximum atomic E-state index is 12.7. The van der Waals surface area contributed by atoms with E-state index in [2.05, 4.69) is 10.0 Å². The second-order valence-electron chi connectivity index (χ2n) is 5.61. The zero-order valence-electron chi connectivity index (χ0n) is 12.5. The van der Waals surface area contributed by atoms with E-state index < -0.39 is 16.0 Å². The van der Waals surface area contributed by atoms with Gasteiger partial charge < -0.3 is 10.4 Å². The summed E-state index contributed by atoms with van der Waals surface area (Å²) in [5.74, 6) is -1.07. The van der Waals surface area contributed by atoms with Gasteiger partial charge >= 0.3 is 5.97 Å². The lowest BCUT2D eigenvalue weighted by atomic mass is 10.0. The lowest BCUT2D eigenvalue weighted by molar-refractivity contribution is 0.0699. The largest absolute Gasteiger partial charge is 0.478 e. The van der Waals surface area contributed by atoms with Gasteiger partial charge in [0.25, 0.3) is 0 Å². The molecule has 0 atom stereocenters. The molecule has 1 fully saturated rings. The Kier molecular flexibility index (Phi) is 4.34. The topological polar surface area (TPSA) is 95.5 Å². The monoisotopic (exact) mass is 334 g/mol. The van der Waals surface area contributed by atoms with E-state index in [1.165, 1.54) is 12.1 Å². The van der Waals surface area contributed by atoms with Gasteiger partial charge in [-0.05, 0) is 43.5 Å². The maximum Gasteiger partial charge on any atom is 0.336 e. The number of sulfonamides is 1. The van der Waals surface area contributed by atoms with Crippen LogP contribution in [0.25, 0.3) is 10.8 Å². The van der Waals surface area contributed by atoms with Gasteiger partial charge in [0.2, 0.25) is 10.0 Å². The van der Waals surface area contributed by atoms with Crippen molar-refractivity contribution < 1.29 is 18.3 Å². The number of carboxylic acid groups (broad SMARTS) is 1. The van der Waals surface area contributed by atoms with E-state index in [1.807, 2.05) is 0 Å². The average molecular weight is 334 g/mol. The molecule has 23 heavy (non-hydrogen) atoms. The molecule has 1 aliphatic heterocycles. The lowest BCUT2D eigenvalue weighted by Gasteiger charge is -2.23. The second kappa shape index (κ2) is 6.27. The van der Waals surface area contributed by atoms with Crippen molar-refractivity contribution in [3.63, 3.8) is 0 Å². The van der Waals surface area contributed by atoms with Crippen LogP contribution in [0.15, 0.2) is 41.3 Å². The second-order valence-corrected chi connectivity index (χ2v) is 7.29. The van der Waals surface area contributed by atoms with Gasteiger partial charge in [0.05, 0.1) is 10.5 Å². The summed E-state index contributed by atoms with van der Waals surface area (Å²) in [7, 11) is -3.70.